The number of rotatable bonds is 4. The van der Waals surface area contributed by atoms with Crippen LogP contribution in [0.25, 0.3) is 27.5 Å². The number of benzene rings is 4. The van der Waals surface area contributed by atoms with Crippen LogP contribution in [0.5, 0.6) is 0 Å². The van der Waals surface area contributed by atoms with Crippen LogP contribution in [0.15, 0.2) is 95.5 Å². The Kier molecular flexibility index (Phi) is 4.41. The number of anilines is 2. The van der Waals surface area contributed by atoms with E-state index in [2.05, 4.69) is 68.3 Å². The summed E-state index contributed by atoms with van der Waals surface area (Å²) < 4.78 is 3.29. The Morgan fingerprint density at radius 3 is 2.24 bits per heavy atom. The summed E-state index contributed by atoms with van der Waals surface area (Å²) in [6.07, 6.45) is 1.45. The lowest BCUT2D eigenvalue weighted by Crippen LogP contribution is -2.00. The molecule has 29 heavy (non-hydrogen) atoms. The number of fused-ring (bicyclic) bond motifs is 3. The molecule has 0 saturated heterocycles. The molecule has 0 unspecified atom stereocenters. The lowest BCUT2D eigenvalue weighted by Gasteiger charge is -2.14. The second-order valence-corrected chi connectivity index (χ2v) is 7.81. The summed E-state index contributed by atoms with van der Waals surface area (Å²) in [7, 11) is 0. The summed E-state index contributed by atoms with van der Waals surface area (Å²) in [6, 6.07) is 30.9. The van der Waals surface area contributed by atoms with Gasteiger partial charge in [0.15, 0.2) is 0 Å². The first-order chi connectivity index (χ1) is 14.3. The monoisotopic (exact) mass is 439 g/mol. The molecule has 0 aliphatic carbocycles. The minimum atomic E-state index is 0.863. The lowest BCUT2D eigenvalue weighted by molar-refractivity contribution is 1.18. The van der Waals surface area contributed by atoms with Gasteiger partial charge in [0.1, 0.15) is 0 Å². The molecule has 0 amide bonds. The van der Waals surface area contributed by atoms with Crippen LogP contribution in [0, 0.1) is 5.41 Å². The van der Waals surface area contributed by atoms with Crippen LogP contribution in [0.3, 0.4) is 0 Å². The van der Waals surface area contributed by atoms with E-state index in [0.717, 1.165) is 48.9 Å². The fourth-order valence-electron chi connectivity index (χ4n) is 3.88. The molecule has 5 aromatic rings. The highest BCUT2D eigenvalue weighted by molar-refractivity contribution is 9.10. The van der Waals surface area contributed by atoms with Crippen molar-refractivity contribution in [2.75, 3.05) is 5.32 Å². The number of hydrogen-bond donors (Lipinski definition) is 2. The maximum atomic E-state index is 8.22. The van der Waals surface area contributed by atoms with Crippen molar-refractivity contribution in [3.8, 4) is 5.69 Å². The van der Waals surface area contributed by atoms with Gasteiger partial charge in [-0.05, 0) is 48.5 Å². The quantitative estimate of drug-likeness (QED) is 0.283. The molecule has 5 rings (SSSR count). The van der Waals surface area contributed by atoms with E-state index in [0.29, 0.717) is 0 Å². The van der Waals surface area contributed by atoms with Crippen molar-refractivity contribution in [3.05, 3.63) is 101 Å². The van der Waals surface area contributed by atoms with Gasteiger partial charge in [-0.3, -0.25) is 0 Å². The highest BCUT2D eigenvalue weighted by Crippen LogP contribution is 2.38. The predicted octanol–water partition coefficient (Wildman–Crippen LogP) is 7.29. The topological polar surface area (TPSA) is 40.8 Å². The van der Waals surface area contributed by atoms with Gasteiger partial charge >= 0.3 is 0 Å². The number of halogens is 1. The fourth-order valence-corrected chi connectivity index (χ4v) is 4.24. The van der Waals surface area contributed by atoms with Gasteiger partial charge in [-0.1, -0.05) is 58.4 Å². The Hall–Kier alpha value is -3.37. The van der Waals surface area contributed by atoms with Gasteiger partial charge in [0.05, 0.1) is 11.0 Å². The lowest BCUT2D eigenvalue weighted by atomic mass is 10.1. The molecule has 0 aliphatic rings. The summed E-state index contributed by atoms with van der Waals surface area (Å²) in [5.41, 5.74) is 6.00. The first-order valence-corrected chi connectivity index (χ1v) is 10.2. The summed E-state index contributed by atoms with van der Waals surface area (Å²) in [5.74, 6) is 0. The average Bonchev–Trinajstić information content (AvgIpc) is 3.08. The third-order valence-corrected chi connectivity index (χ3v) is 5.64. The molecule has 4 aromatic carbocycles. The minimum Gasteiger partial charge on any atom is -0.355 e. The Bertz CT molecular complexity index is 1340. The zero-order chi connectivity index (χ0) is 19.8. The van der Waals surface area contributed by atoms with Crippen molar-refractivity contribution >= 4 is 55.3 Å². The van der Waals surface area contributed by atoms with Crippen LogP contribution in [0.2, 0.25) is 0 Å². The van der Waals surface area contributed by atoms with Crippen molar-refractivity contribution in [2.24, 2.45) is 0 Å². The van der Waals surface area contributed by atoms with E-state index in [4.69, 9.17) is 5.41 Å². The zero-order valence-electron chi connectivity index (χ0n) is 15.6. The third kappa shape index (κ3) is 3.02. The maximum absolute atomic E-state index is 8.22. The third-order valence-electron chi connectivity index (χ3n) is 5.14. The standard InChI is InChI=1S/C25H18BrN3/c26-17-11-14-24-21(15-17)20-12-13-23(28-18-7-3-1-4-8-18)22(16-27)25(20)29(24)19-9-5-2-6-10-19/h1-16,27-28H. The highest BCUT2D eigenvalue weighted by Gasteiger charge is 2.17. The second kappa shape index (κ2) is 7.22. The molecule has 0 radical (unpaired) electrons. The van der Waals surface area contributed by atoms with Crippen molar-refractivity contribution in [1.29, 1.82) is 5.41 Å². The smallest absolute Gasteiger partial charge is 0.0649 e. The van der Waals surface area contributed by atoms with E-state index in [1.54, 1.807) is 0 Å². The molecule has 4 heteroatoms. The van der Waals surface area contributed by atoms with Crippen molar-refractivity contribution in [3.63, 3.8) is 0 Å². The molecule has 1 heterocycles. The van der Waals surface area contributed by atoms with Gasteiger partial charge in [0.25, 0.3) is 0 Å². The highest BCUT2D eigenvalue weighted by atomic mass is 79.9. The Labute approximate surface area is 177 Å². The van der Waals surface area contributed by atoms with Crippen molar-refractivity contribution in [2.45, 2.75) is 0 Å². The Balaban J connectivity index is 1.86. The molecule has 2 N–H and O–H groups in total. The zero-order valence-corrected chi connectivity index (χ0v) is 17.1. The van der Waals surface area contributed by atoms with Crippen LogP contribution in [0.1, 0.15) is 5.56 Å². The van der Waals surface area contributed by atoms with Gasteiger partial charge < -0.3 is 15.3 Å². The largest absolute Gasteiger partial charge is 0.355 e. The van der Waals surface area contributed by atoms with Gasteiger partial charge in [-0.2, -0.15) is 0 Å². The van der Waals surface area contributed by atoms with Gasteiger partial charge in [0.2, 0.25) is 0 Å². The van der Waals surface area contributed by atoms with E-state index >= 15 is 0 Å². The number of aromatic nitrogens is 1. The number of nitrogens with zero attached hydrogens (tertiary/aromatic N) is 1. The van der Waals surface area contributed by atoms with E-state index < -0.39 is 0 Å². The van der Waals surface area contributed by atoms with E-state index in [-0.39, 0.29) is 0 Å². The van der Waals surface area contributed by atoms with Crippen LogP contribution >= 0.6 is 15.9 Å². The second-order valence-electron chi connectivity index (χ2n) is 6.89. The van der Waals surface area contributed by atoms with E-state index in [1.165, 1.54) is 6.21 Å². The number of nitrogens with one attached hydrogen (secondary N) is 2. The molecule has 3 nitrogen and oxygen atoms in total. The number of para-hydroxylation sites is 2. The molecule has 0 saturated carbocycles. The summed E-state index contributed by atoms with van der Waals surface area (Å²) in [6.45, 7) is 0. The number of hydrogen-bond acceptors (Lipinski definition) is 2. The molecule has 140 valence electrons. The van der Waals surface area contributed by atoms with Crippen LogP contribution in [-0.4, -0.2) is 10.8 Å². The predicted molar refractivity (Wildman–Crippen MR) is 126 cm³/mol. The summed E-state index contributed by atoms with van der Waals surface area (Å²) in [4.78, 5) is 0. The summed E-state index contributed by atoms with van der Waals surface area (Å²) >= 11 is 3.61. The molecular weight excluding hydrogens is 422 g/mol. The maximum Gasteiger partial charge on any atom is 0.0649 e. The average molecular weight is 440 g/mol. The molecule has 0 bridgehead atoms. The van der Waals surface area contributed by atoms with Crippen molar-refractivity contribution in [1.82, 2.24) is 4.57 Å². The summed E-state index contributed by atoms with van der Waals surface area (Å²) in [5, 5.41) is 14.0. The molecule has 0 fully saturated rings. The molecule has 0 atom stereocenters. The van der Waals surface area contributed by atoms with Crippen LogP contribution < -0.4 is 5.32 Å². The Morgan fingerprint density at radius 1 is 0.793 bits per heavy atom. The van der Waals surface area contributed by atoms with Gasteiger partial charge in [0, 0.05) is 44.1 Å². The van der Waals surface area contributed by atoms with Gasteiger partial charge in [-0.25, -0.2) is 0 Å². The molecular formula is C25H18BrN3. The Morgan fingerprint density at radius 2 is 1.52 bits per heavy atom. The fraction of sp³-hybridized carbons (Fsp3) is 0. The SMILES string of the molecule is N=Cc1c(Nc2ccccc2)ccc2c3cc(Br)ccc3n(-c3ccccc3)c12. The first-order valence-electron chi connectivity index (χ1n) is 9.41. The van der Waals surface area contributed by atoms with Crippen LogP contribution in [-0.2, 0) is 0 Å². The molecule has 0 aliphatic heterocycles. The minimum absolute atomic E-state index is 0.863. The first kappa shape index (κ1) is 17.7. The molecule has 1 aromatic heterocycles. The normalized spacial score (nSPS) is 11.1. The van der Waals surface area contributed by atoms with E-state index in [9.17, 15) is 0 Å². The van der Waals surface area contributed by atoms with Gasteiger partial charge in [-0.15, -0.1) is 0 Å². The van der Waals surface area contributed by atoms with E-state index in [1.807, 2.05) is 48.5 Å². The molecule has 0 spiro atoms. The van der Waals surface area contributed by atoms with Crippen LogP contribution in [0.4, 0.5) is 11.4 Å². The van der Waals surface area contributed by atoms with Crippen molar-refractivity contribution < 1.29 is 0 Å².